The number of aryl methyl sites for hydroxylation is 1. The van der Waals surface area contributed by atoms with E-state index in [1.165, 1.54) is 114 Å². The van der Waals surface area contributed by atoms with Crippen molar-refractivity contribution in [1.82, 2.24) is 0 Å². The lowest BCUT2D eigenvalue weighted by Crippen LogP contribution is -2.01. The Hall–Kier alpha value is -0.350. The molecule has 0 radical (unpaired) electrons. The first kappa shape index (κ1) is 27.7. The van der Waals surface area contributed by atoms with Crippen LogP contribution < -0.4 is 0 Å². The van der Waals surface area contributed by atoms with Gasteiger partial charge in [0.1, 0.15) is 0 Å². The summed E-state index contributed by atoms with van der Waals surface area (Å²) in [5.41, 5.74) is 0.413. The molecule has 0 aliphatic carbocycles. The van der Waals surface area contributed by atoms with Crippen molar-refractivity contribution in [2.45, 2.75) is 129 Å². The van der Waals surface area contributed by atoms with Gasteiger partial charge in [0.2, 0.25) is 0 Å². The highest BCUT2D eigenvalue weighted by atomic mass is 79.9. The topological polar surface area (TPSA) is 37.3 Å². The first-order valence-corrected chi connectivity index (χ1v) is 14.2. The number of hydrogen-bond acceptors (Lipinski definition) is 2. The molecule has 0 aliphatic heterocycles. The third-order valence-corrected chi connectivity index (χ3v) is 8.08. The molecule has 0 aromatic carbocycles. The van der Waals surface area contributed by atoms with Crippen LogP contribution in [0.15, 0.2) is 9.85 Å². The molecule has 1 aromatic heterocycles. The summed E-state index contributed by atoms with van der Waals surface area (Å²) in [6.45, 7) is 4.59. The number of hydrogen-bond donors (Lipinski definition) is 1. The van der Waals surface area contributed by atoms with E-state index < -0.39 is 5.97 Å². The molecule has 4 heteroatoms. The molecule has 0 fully saturated rings. The number of carboxylic acids is 1. The van der Waals surface area contributed by atoms with E-state index in [4.69, 9.17) is 5.11 Å². The number of carboxylic acid groups (broad SMARTS) is 1. The van der Waals surface area contributed by atoms with Crippen LogP contribution in [0.2, 0.25) is 0 Å². The third kappa shape index (κ3) is 13.1. The normalized spacial score (nSPS) is 12.4. The fraction of sp³-hybridized carbons (Fsp3) is 0.808. The van der Waals surface area contributed by atoms with Gasteiger partial charge >= 0.3 is 5.97 Å². The van der Waals surface area contributed by atoms with Gasteiger partial charge in [0.05, 0.1) is 9.35 Å². The summed E-state index contributed by atoms with van der Waals surface area (Å²) in [5, 5.41) is 9.16. The SMILES string of the molecule is CCCCCCCCC(CCCCCC)CCCCCCc1cc(C(=O)O)c(Br)s1. The van der Waals surface area contributed by atoms with Crippen LogP contribution in [0.4, 0.5) is 0 Å². The van der Waals surface area contributed by atoms with E-state index in [0.29, 0.717) is 5.56 Å². The molecule has 1 heterocycles. The predicted octanol–water partition coefficient (Wildman–Crippen LogP) is 10.0. The number of unbranched alkanes of at least 4 members (excludes halogenated alkanes) is 11. The van der Waals surface area contributed by atoms with Gasteiger partial charge in [-0.05, 0) is 40.8 Å². The molecule has 1 rings (SSSR count). The first-order chi connectivity index (χ1) is 14.6. The maximum Gasteiger partial charge on any atom is 0.337 e. The minimum absolute atomic E-state index is 0.413. The molecule has 30 heavy (non-hydrogen) atoms. The lowest BCUT2D eigenvalue weighted by Gasteiger charge is -2.17. The summed E-state index contributed by atoms with van der Waals surface area (Å²) in [6, 6.07) is 1.84. The molecular weight excluding hydrogens is 456 g/mol. The van der Waals surface area contributed by atoms with Crippen molar-refractivity contribution in [2.24, 2.45) is 5.92 Å². The van der Waals surface area contributed by atoms with E-state index in [-0.39, 0.29) is 0 Å². The van der Waals surface area contributed by atoms with Gasteiger partial charge in [-0.2, -0.15) is 0 Å². The minimum atomic E-state index is -0.834. The largest absolute Gasteiger partial charge is 0.478 e. The second-order valence-corrected chi connectivity index (χ2v) is 11.4. The number of aromatic carboxylic acids is 1. The molecular formula is C26H45BrO2S. The lowest BCUT2D eigenvalue weighted by atomic mass is 9.89. The van der Waals surface area contributed by atoms with Crippen LogP contribution in [0, 0.1) is 5.92 Å². The zero-order valence-electron chi connectivity index (χ0n) is 19.5. The Morgan fingerprint density at radius 3 is 1.80 bits per heavy atom. The third-order valence-electron chi connectivity index (χ3n) is 6.19. The van der Waals surface area contributed by atoms with Crippen molar-refractivity contribution in [2.75, 3.05) is 0 Å². The summed E-state index contributed by atoms with van der Waals surface area (Å²) in [6.07, 6.45) is 24.4. The van der Waals surface area contributed by atoms with Gasteiger partial charge in [-0.1, -0.05) is 117 Å². The molecule has 0 aliphatic rings. The highest BCUT2D eigenvalue weighted by Crippen LogP contribution is 2.30. The second-order valence-electron chi connectivity index (χ2n) is 8.93. The van der Waals surface area contributed by atoms with Gasteiger partial charge in [-0.15, -0.1) is 11.3 Å². The van der Waals surface area contributed by atoms with E-state index >= 15 is 0 Å². The Morgan fingerprint density at radius 1 is 0.833 bits per heavy atom. The molecule has 1 atom stereocenters. The van der Waals surface area contributed by atoms with E-state index in [0.717, 1.165) is 16.1 Å². The average molecular weight is 502 g/mol. The molecule has 1 N–H and O–H groups in total. The smallest absolute Gasteiger partial charge is 0.337 e. The fourth-order valence-corrected chi connectivity index (χ4v) is 6.10. The van der Waals surface area contributed by atoms with Gasteiger partial charge in [0.25, 0.3) is 0 Å². The van der Waals surface area contributed by atoms with Crippen molar-refractivity contribution < 1.29 is 9.90 Å². The molecule has 0 saturated carbocycles. The number of carbonyl (C=O) groups is 1. The predicted molar refractivity (Wildman–Crippen MR) is 136 cm³/mol. The first-order valence-electron chi connectivity index (χ1n) is 12.6. The van der Waals surface area contributed by atoms with Crippen molar-refractivity contribution in [3.8, 4) is 0 Å². The van der Waals surface area contributed by atoms with Crippen LogP contribution in [-0.4, -0.2) is 11.1 Å². The molecule has 0 spiro atoms. The van der Waals surface area contributed by atoms with Crippen molar-refractivity contribution >= 4 is 33.2 Å². The van der Waals surface area contributed by atoms with Crippen molar-refractivity contribution in [1.29, 1.82) is 0 Å². The Kier molecular flexibility index (Phi) is 16.8. The number of rotatable bonds is 20. The molecule has 2 nitrogen and oxygen atoms in total. The van der Waals surface area contributed by atoms with Crippen LogP contribution in [0.25, 0.3) is 0 Å². The van der Waals surface area contributed by atoms with Crippen LogP contribution in [0.1, 0.15) is 138 Å². The summed E-state index contributed by atoms with van der Waals surface area (Å²) < 4.78 is 0.755. The van der Waals surface area contributed by atoms with E-state index in [2.05, 4.69) is 29.8 Å². The zero-order chi connectivity index (χ0) is 22.0. The van der Waals surface area contributed by atoms with Crippen LogP contribution in [0.3, 0.4) is 0 Å². The molecule has 0 bridgehead atoms. The second kappa shape index (κ2) is 18.2. The molecule has 1 unspecified atom stereocenters. The quantitative estimate of drug-likeness (QED) is 0.181. The molecule has 0 saturated heterocycles. The maximum absolute atomic E-state index is 11.1. The van der Waals surface area contributed by atoms with Gasteiger partial charge in [-0.25, -0.2) is 4.79 Å². The highest BCUT2D eigenvalue weighted by molar-refractivity contribution is 9.11. The van der Waals surface area contributed by atoms with E-state index in [1.807, 2.05) is 6.07 Å². The van der Waals surface area contributed by atoms with Crippen LogP contribution >= 0.6 is 27.3 Å². The standard InChI is InChI=1S/C26H45BrO2S/c1-3-5-7-9-10-14-18-22(17-13-8-6-4-2)19-15-11-12-16-20-23-21-24(26(28)29)25(27)30-23/h21-22H,3-20H2,1-2H3,(H,28,29). The lowest BCUT2D eigenvalue weighted by molar-refractivity contribution is 0.0696. The Balaban J connectivity index is 2.20. The van der Waals surface area contributed by atoms with Gasteiger partial charge in [0, 0.05) is 4.88 Å². The van der Waals surface area contributed by atoms with Gasteiger partial charge in [-0.3, -0.25) is 0 Å². The maximum atomic E-state index is 11.1. The monoisotopic (exact) mass is 500 g/mol. The molecule has 1 aromatic rings. The summed E-state index contributed by atoms with van der Waals surface area (Å²) in [4.78, 5) is 12.3. The highest BCUT2D eigenvalue weighted by Gasteiger charge is 2.13. The van der Waals surface area contributed by atoms with Gasteiger partial charge in [0.15, 0.2) is 0 Å². The fourth-order valence-electron chi connectivity index (χ4n) is 4.28. The minimum Gasteiger partial charge on any atom is -0.478 e. The van der Waals surface area contributed by atoms with Crippen molar-refractivity contribution in [3.63, 3.8) is 0 Å². The summed E-state index contributed by atoms with van der Waals surface area (Å²) >= 11 is 4.95. The Labute approximate surface area is 198 Å². The average Bonchev–Trinajstić information content (AvgIpc) is 3.10. The molecule has 0 amide bonds. The van der Waals surface area contributed by atoms with Crippen LogP contribution in [0.5, 0.6) is 0 Å². The van der Waals surface area contributed by atoms with Crippen molar-refractivity contribution in [3.05, 3.63) is 20.3 Å². The molecule has 174 valence electrons. The Morgan fingerprint density at radius 2 is 1.30 bits per heavy atom. The number of halogens is 1. The van der Waals surface area contributed by atoms with Crippen LogP contribution in [-0.2, 0) is 6.42 Å². The van der Waals surface area contributed by atoms with Gasteiger partial charge < -0.3 is 5.11 Å². The summed E-state index contributed by atoms with van der Waals surface area (Å²) in [5.74, 6) is 0.110. The Bertz CT molecular complexity index is 555. The zero-order valence-corrected chi connectivity index (χ0v) is 21.9. The summed E-state index contributed by atoms with van der Waals surface area (Å²) in [7, 11) is 0. The van der Waals surface area contributed by atoms with E-state index in [9.17, 15) is 4.79 Å². The van der Waals surface area contributed by atoms with E-state index in [1.54, 1.807) is 11.3 Å². The number of thiophene rings is 1.